The Kier molecular flexibility index (Phi) is 4.96. The van der Waals surface area contributed by atoms with E-state index in [0.29, 0.717) is 5.95 Å². The molecule has 3 aromatic rings. The molecule has 3 rings (SSSR count). The van der Waals surface area contributed by atoms with Crippen molar-refractivity contribution in [3.8, 4) is 0 Å². The van der Waals surface area contributed by atoms with Gasteiger partial charge in [-0.25, -0.2) is 0 Å². The van der Waals surface area contributed by atoms with Gasteiger partial charge in [0.25, 0.3) is 0 Å². The number of benzene rings is 1. The summed E-state index contributed by atoms with van der Waals surface area (Å²) in [6.07, 6.45) is 6.22. The fraction of sp³-hybridized carbons (Fsp3) is 0.222. The lowest BCUT2D eigenvalue weighted by Gasteiger charge is -2.18. The molecule has 0 bridgehead atoms. The second-order valence-electron chi connectivity index (χ2n) is 5.66. The Morgan fingerprint density at radius 3 is 2.75 bits per heavy atom. The lowest BCUT2D eigenvalue weighted by molar-refractivity contribution is 0.840. The lowest BCUT2D eigenvalue weighted by Crippen LogP contribution is -2.22. The summed E-state index contributed by atoms with van der Waals surface area (Å²) in [5, 5.41) is 11.3. The smallest absolute Gasteiger partial charge is 0.249 e. The quantitative estimate of drug-likeness (QED) is 0.753. The fourth-order valence-electron chi connectivity index (χ4n) is 2.34. The van der Waals surface area contributed by atoms with Crippen LogP contribution in [-0.2, 0) is 6.42 Å². The number of anilines is 3. The molecule has 6 nitrogen and oxygen atoms in total. The van der Waals surface area contributed by atoms with E-state index in [4.69, 9.17) is 0 Å². The fourth-order valence-corrected chi connectivity index (χ4v) is 2.34. The van der Waals surface area contributed by atoms with Gasteiger partial charge in [-0.1, -0.05) is 12.1 Å². The van der Waals surface area contributed by atoms with Crippen molar-refractivity contribution in [2.45, 2.75) is 13.3 Å². The van der Waals surface area contributed by atoms with Gasteiger partial charge in [-0.05, 0) is 48.7 Å². The molecule has 0 spiro atoms. The molecule has 6 heteroatoms. The molecule has 0 fully saturated rings. The number of nitrogens with one attached hydrogen (secondary N) is 1. The number of rotatable bonds is 6. The zero-order chi connectivity index (χ0) is 16.8. The van der Waals surface area contributed by atoms with Crippen molar-refractivity contribution < 1.29 is 0 Å². The number of nitrogens with zero attached hydrogens (tertiary/aromatic N) is 5. The lowest BCUT2D eigenvalue weighted by atomic mass is 10.2. The minimum atomic E-state index is 0.494. The zero-order valence-corrected chi connectivity index (χ0v) is 13.8. The third kappa shape index (κ3) is 4.25. The van der Waals surface area contributed by atoms with E-state index in [1.807, 2.05) is 62.8 Å². The minimum absolute atomic E-state index is 0.494. The summed E-state index contributed by atoms with van der Waals surface area (Å²) in [5.41, 5.74) is 3.38. The van der Waals surface area contributed by atoms with Gasteiger partial charge in [0.1, 0.15) is 0 Å². The van der Waals surface area contributed by atoms with Gasteiger partial charge < -0.3 is 10.2 Å². The maximum atomic E-state index is 4.54. The molecular formula is C18H20N6. The van der Waals surface area contributed by atoms with Crippen LogP contribution in [0.4, 0.5) is 17.5 Å². The van der Waals surface area contributed by atoms with Crippen molar-refractivity contribution >= 4 is 17.5 Å². The third-order valence-electron chi connectivity index (χ3n) is 3.70. The molecule has 0 aliphatic heterocycles. The number of pyridine rings is 1. The molecule has 2 aromatic heterocycles. The average Bonchev–Trinajstić information content (AvgIpc) is 2.61. The van der Waals surface area contributed by atoms with E-state index in [9.17, 15) is 0 Å². The number of aromatic nitrogens is 4. The van der Waals surface area contributed by atoms with Gasteiger partial charge in [0.2, 0.25) is 5.95 Å². The molecule has 0 radical (unpaired) electrons. The summed E-state index contributed by atoms with van der Waals surface area (Å²) in [6, 6.07) is 12.1. The number of hydrogen-bond donors (Lipinski definition) is 1. The predicted molar refractivity (Wildman–Crippen MR) is 95.5 cm³/mol. The molecule has 122 valence electrons. The summed E-state index contributed by atoms with van der Waals surface area (Å²) in [6.45, 7) is 2.89. The monoisotopic (exact) mass is 320 g/mol. The molecule has 0 amide bonds. The highest BCUT2D eigenvalue weighted by molar-refractivity contribution is 5.55. The van der Waals surface area contributed by atoms with Crippen LogP contribution >= 0.6 is 0 Å². The highest BCUT2D eigenvalue weighted by atomic mass is 15.3. The van der Waals surface area contributed by atoms with Crippen molar-refractivity contribution in [1.29, 1.82) is 0 Å². The van der Waals surface area contributed by atoms with Crippen LogP contribution in [0.25, 0.3) is 0 Å². The molecule has 24 heavy (non-hydrogen) atoms. The first kappa shape index (κ1) is 15.9. The van der Waals surface area contributed by atoms with Crippen molar-refractivity contribution in [3.05, 3.63) is 66.1 Å². The first-order valence-electron chi connectivity index (χ1n) is 7.84. The molecule has 1 N–H and O–H groups in total. The van der Waals surface area contributed by atoms with Gasteiger partial charge in [0.05, 0.1) is 6.20 Å². The second kappa shape index (κ2) is 7.50. The predicted octanol–water partition coefficient (Wildman–Crippen LogP) is 3.00. The second-order valence-corrected chi connectivity index (χ2v) is 5.66. The third-order valence-corrected chi connectivity index (χ3v) is 3.70. The number of likely N-dealkylation sites (N-methyl/N-ethyl adjacent to an activating group) is 1. The van der Waals surface area contributed by atoms with E-state index in [-0.39, 0.29) is 0 Å². The molecule has 0 aliphatic carbocycles. The van der Waals surface area contributed by atoms with Gasteiger partial charge in [-0.15, -0.1) is 5.10 Å². The van der Waals surface area contributed by atoms with E-state index in [0.717, 1.165) is 24.5 Å². The normalized spacial score (nSPS) is 10.4. The van der Waals surface area contributed by atoms with Crippen LogP contribution < -0.4 is 10.2 Å². The Balaban J connectivity index is 1.66. The Morgan fingerprint density at radius 2 is 1.96 bits per heavy atom. The summed E-state index contributed by atoms with van der Waals surface area (Å²) in [5.74, 6) is 1.28. The van der Waals surface area contributed by atoms with Gasteiger partial charge in [0.15, 0.2) is 5.82 Å². The van der Waals surface area contributed by atoms with Gasteiger partial charge in [-0.3, -0.25) is 4.98 Å². The SMILES string of the molecule is Cc1cccc(Nc2nncc(N(C)CCc3ccncc3)n2)c1. The zero-order valence-electron chi connectivity index (χ0n) is 13.8. The van der Waals surface area contributed by atoms with Crippen molar-refractivity contribution in [2.75, 3.05) is 23.8 Å². The number of hydrogen-bond acceptors (Lipinski definition) is 6. The molecular weight excluding hydrogens is 300 g/mol. The largest absolute Gasteiger partial charge is 0.358 e. The van der Waals surface area contributed by atoms with Crippen LogP contribution in [0.3, 0.4) is 0 Å². The van der Waals surface area contributed by atoms with Gasteiger partial charge in [-0.2, -0.15) is 10.1 Å². The number of aryl methyl sites for hydroxylation is 1. The minimum Gasteiger partial charge on any atom is -0.358 e. The van der Waals surface area contributed by atoms with Crippen LogP contribution in [0.5, 0.6) is 0 Å². The standard InChI is InChI=1S/C18H20N6/c1-14-4-3-5-16(12-14)21-18-22-17(13-20-23-18)24(2)11-8-15-6-9-19-10-7-15/h3-7,9-10,12-13H,8,11H2,1-2H3,(H,21,22,23). The molecule has 2 heterocycles. The molecule has 1 aromatic carbocycles. The molecule has 0 atom stereocenters. The van der Waals surface area contributed by atoms with Crippen LogP contribution in [0.15, 0.2) is 55.0 Å². The maximum Gasteiger partial charge on any atom is 0.249 e. The van der Waals surface area contributed by atoms with Crippen molar-refractivity contribution in [2.24, 2.45) is 0 Å². The highest BCUT2D eigenvalue weighted by Gasteiger charge is 2.06. The molecule has 0 unspecified atom stereocenters. The van der Waals surface area contributed by atoms with Crippen LogP contribution in [-0.4, -0.2) is 33.8 Å². The van der Waals surface area contributed by atoms with Crippen molar-refractivity contribution in [3.63, 3.8) is 0 Å². The summed E-state index contributed by atoms with van der Waals surface area (Å²) >= 11 is 0. The highest BCUT2D eigenvalue weighted by Crippen LogP contribution is 2.16. The first-order valence-corrected chi connectivity index (χ1v) is 7.84. The van der Waals surface area contributed by atoms with E-state index >= 15 is 0 Å². The van der Waals surface area contributed by atoms with Crippen molar-refractivity contribution in [1.82, 2.24) is 20.2 Å². The Labute approximate surface area is 141 Å². The summed E-state index contributed by atoms with van der Waals surface area (Å²) in [7, 11) is 2.00. The van der Waals surface area contributed by atoms with E-state index < -0.39 is 0 Å². The van der Waals surface area contributed by atoms with E-state index in [2.05, 4.69) is 30.4 Å². The topological polar surface area (TPSA) is 66.8 Å². The molecule has 0 saturated carbocycles. The summed E-state index contributed by atoms with van der Waals surface area (Å²) < 4.78 is 0. The molecule has 0 saturated heterocycles. The Bertz CT molecular complexity index is 790. The maximum absolute atomic E-state index is 4.54. The first-order chi connectivity index (χ1) is 11.7. The van der Waals surface area contributed by atoms with Crippen LogP contribution in [0, 0.1) is 6.92 Å². The Hall–Kier alpha value is -3.02. The Morgan fingerprint density at radius 1 is 1.12 bits per heavy atom. The van der Waals surface area contributed by atoms with Crippen LogP contribution in [0.1, 0.15) is 11.1 Å². The van der Waals surface area contributed by atoms with E-state index in [1.54, 1.807) is 6.20 Å². The average molecular weight is 320 g/mol. The molecule has 0 aliphatic rings. The summed E-state index contributed by atoms with van der Waals surface area (Å²) in [4.78, 5) is 10.6. The van der Waals surface area contributed by atoms with Crippen LogP contribution in [0.2, 0.25) is 0 Å². The van der Waals surface area contributed by atoms with Gasteiger partial charge in [0, 0.05) is 31.7 Å². The van der Waals surface area contributed by atoms with Gasteiger partial charge >= 0.3 is 0 Å². The van der Waals surface area contributed by atoms with E-state index in [1.165, 1.54) is 11.1 Å².